The van der Waals surface area contributed by atoms with Crippen LogP contribution in [-0.4, -0.2) is 38.2 Å². The van der Waals surface area contributed by atoms with E-state index >= 15 is 0 Å². The third kappa shape index (κ3) is 6.20. The van der Waals surface area contributed by atoms with E-state index in [0.717, 1.165) is 40.8 Å². The van der Waals surface area contributed by atoms with E-state index in [1.54, 1.807) is 36.4 Å². The second kappa shape index (κ2) is 11.2. The molecular weight excluding hydrogens is 486 g/mol. The molecule has 1 saturated heterocycles. The molecule has 7 nitrogen and oxygen atoms in total. The van der Waals surface area contributed by atoms with Gasteiger partial charge in [0.2, 0.25) is 11.8 Å². The Morgan fingerprint density at radius 2 is 1.62 bits per heavy atom. The molecule has 1 heterocycles. The minimum absolute atomic E-state index is 0.138. The first kappa shape index (κ1) is 26.4. The van der Waals surface area contributed by atoms with E-state index in [1.807, 2.05) is 56.0 Å². The maximum atomic E-state index is 13.6. The van der Waals surface area contributed by atoms with Crippen molar-refractivity contribution in [2.75, 3.05) is 17.4 Å². The lowest BCUT2D eigenvalue weighted by Gasteiger charge is -2.26. The van der Waals surface area contributed by atoms with E-state index in [-0.39, 0.29) is 23.9 Å². The standard InChI is InChI=1S/C29H33N3O4S/c1-21-9-15-26(16-10-21)37(35,36)32(27-7-4-6-22(2)23(27)3)20-28(33)30-18-24-11-13-25(14-12-24)19-31-17-5-8-29(31)34/h4,6-7,9-16H,5,8,17-20H2,1-3H3,(H,30,33). The van der Waals surface area contributed by atoms with Gasteiger partial charge in [-0.25, -0.2) is 8.42 Å². The highest BCUT2D eigenvalue weighted by Crippen LogP contribution is 2.28. The van der Waals surface area contributed by atoms with Crippen LogP contribution in [0.3, 0.4) is 0 Å². The molecule has 37 heavy (non-hydrogen) atoms. The van der Waals surface area contributed by atoms with Crippen LogP contribution >= 0.6 is 0 Å². The number of nitrogens with one attached hydrogen (secondary N) is 1. The third-order valence-corrected chi connectivity index (χ3v) is 8.57. The largest absolute Gasteiger partial charge is 0.350 e. The number of aryl methyl sites for hydroxylation is 2. The predicted octanol–water partition coefficient (Wildman–Crippen LogP) is 4.25. The first-order valence-corrected chi connectivity index (χ1v) is 13.9. The molecule has 8 heteroatoms. The van der Waals surface area contributed by atoms with E-state index < -0.39 is 15.9 Å². The molecule has 0 atom stereocenters. The average molecular weight is 520 g/mol. The van der Waals surface area contributed by atoms with E-state index in [2.05, 4.69) is 5.32 Å². The molecule has 3 aromatic carbocycles. The molecule has 0 radical (unpaired) electrons. The summed E-state index contributed by atoms with van der Waals surface area (Å²) in [5.74, 6) is -0.214. The van der Waals surface area contributed by atoms with Gasteiger partial charge in [0, 0.05) is 26.1 Å². The Bertz CT molecular complexity index is 1380. The Kier molecular flexibility index (Phi) is 7.97. The maximum absolute atomic E-state index is 13.6. The molecule has 0 saturated carbocycles. The molecule has 0 aliphatic carbocycles. The number of hydrogen-bond acceptors (Lipinski definition) is 4. The monoisotopic (exact) mass is 519 g/mol. The Labute approximate surface area is 219 Å². The number of carbonyl (C=O) groups is 2. The lowest BCUT2D eigenvalue weighted by Crippen LogP contribution is -2.41. The fourth-order valence-corrected chi connectivity index (χ4v) is 5.86. The van der Waals surface area contributed by atoms with Crippen LogP contribution in [0.25, 0.3) is 0 Å². The summed E-state index contributed by atoms with van der Waals surface area (Å²) >= 11 is 0. The molecule has 1 aliphatic rings. The van der Waals surface area contributed by atoms with Gasteiger partial charge in [-0.1, -0.05) is 54.1 Å². The fraction of sp³-hybridized carbons (Fsp3) is 0.310. The van der Waals surface area contributed by atoms with Crippen molar-refractivity contribution in [1.29, 1.82) is 0 Å². The first-order chi connectivity index (χ1) is 17.6. The third-order valence-electron chi connectivity index (χ3n) is 6.80. The summed E-state index contributed by atoms with van der Waals surface area (Å²) in [6.45, 7) is 6.98. The van der Waals surface area contributed by atoms with Crippen molar-refractivity contribution < 1.29 is 18.0 Å². The number of anilines is 1. The van der Waals surface area contributed by atoms with Crippen molar-refractivity contribution in [3.05, 3.63) is 94.5 Å². The summed E-state index contributed by atoms with van der Waals surface area (Å²) in [6.07, 6.45) is 1.52. The van der Waals surface area contributed by atoms with Crippen molar-refractivity contribution in [1.82, 2.24) is 10.2 Å². The maximum Gasteiger partial charge on any atom is 0.264 e. The molecule has 0 aromatic heterocycles. The highest BCUT2D eigenvalue weighted by molar-refractivity contribution is 7.92. The number of sulfonamides is 1. The second-order valence-corrected chi connectivity index (χ2v) is 11.4. The molecular formula is C29H33N3O4S. The van der Waals surface area contributed by atoms with Crippen LogP contribution in [-0.2, 0) is 32.7 Å². The van der Waals surface area contributed by atoms with E-state index in [1.165, 1.54) is 4.31 Å². The lowest BCUT2D eigenvalue weighted by molar-refractivity contribution is -0.128. The Morgan fingerprint density at radius 3 is 2.27 bits per heavy atom. The minimum atomic E-state index is -3.97. The van der Waals surface area contributed by atoms with Gasteiger partial charge in [0.05, 0.1) is 10.6 Å². The van der Waals surface area contributed by atoms with Gasteiger partial charge in [-0.3, -0.25) is 13.9 Å². The Hall–Kier alpha value is -3.65. The van der Waals surface area contributed by atoms with E-state index in [0.29, 0.717) is 18.7 Å². The average Bonchev–Trinajstić information content (AvgIpc) is 3.28. The summed E-state index contributed by atoms with van der Waals surface area (Å²) < 4.78 is 28.5. The number of rotatable bonds is 9. The summed E-state index contributed by atoms with van der Waals surface area (Å²) in [6, 6.07) is 19.8. The number of benzene rings is 3. The van der Waals surface area contributed by atoms with Crippen LogP contribution in [0.15, 0.2) is 71.6 Å². The smallest absolute Gasteiger partial charge is 0.264 e. The quantitative estimate of drug-likeness (QED) is 0.458. The van der Waals surface area contributed by atoms with Crippen molar-refractivity contribution >= 4 is 27.5 Å². The van der Waals surface area contributed by atoms with Gasteiger partial charge in [-0.15, -0.1) is 0 Å². The van der Waals surface area contributed by atoms with Crippen LogP contribution in [0.2, 0.25) is 0 Å². The topological polar surface area (TPSA) is 86.8 Å². The van der Waals surface area contributed by atoms with Gasteiger partial charge in [0.1, 0.15) is 6.54 Å². The number of likely N-dealkylation sites (tertiary alicyclic amines) is 1. The Balaban J connectivity index is 1.48. The van der Waals surface area contributed by atoms with Crippen molar-refractivity contribution in [2.45, 2.75) is 51.6 Å². The number of hydrogen-bond donors (Lipinski definition) is 1. The highest BCUT2D eigenvalue weighted by Gasteiger charge is 2.28. The zero-order valence-electron chi connectivity index (χ0n) is 21.5. The number of amides is 2. The SMILES string of the molecule is Cc1ccc(S(=O)(=O)N(CC(=O)NCc2ccc(CN3CCCC3=O)cc2)c2cccc(C)c2C)cc1. The lowest BCUT2D eigenvalue weighted by atomic mass is 10.1. The molecule has 1 fully saturated rings. The zero-order valence-corrected chi connectivity index (χ0v) is 22.3. The van der Waals surface area contributed by atoms with Crippen LogP contribution < -0.4 is 9.62 Å². The van der Waals surface area contributed by atoms with Gasteiger partial charge >= 0.3 is 0 Å². The van der Waals surface area contributed by atoms with Crippen LogP contribution in [0.5, 0.6) is 0 Å². The van der Waals surface area contributed by atoms with Crippen molar-refractivity contribution in [3.8, 4) is 0 Å². The first-order valence-electron chi connectivity index (χ1n) is 12.4. The van der Waals surface area contributed by atoms with Gasteiger partial charge in [-0.2, -0.15) is 0 Å². The summed E-state index contributed by atoms with van der Waals surface area (Å²) in [5, 5.41) is 2.86. The highest BCUT2D eigenvalue weighted by atomic mass is 32.2. The second-order valence-electron chi connectivity index (χ2n) is 9.56. The summed E-state index contributed by atoms with van der Waals surface area (Å²) in [4.78, 5) is 26.9. The van der Waals surface area contributed by atoms with E-state index in [4.69, 9.17) is 0 Å². The fourth-order valence-electron chi connectivity index (χ4n) is 4.38. The molecule has 0 spiro atoms. The normalized spacial score (nSPS) is 13.6. The summed E-state index contributed by atoms with van der Waals surface area (Å²) in [5.41, 5.74) is 5.11. The number of nitrogens with zero attached hydrogens (tertiary/aromatic N) is 2. The van der Waals surface area contributed by atoms with Gasteiger partial charge in [-0.05, 0) is 67.6 Å². The Morgan fingerprint density at radius 1 is 0.946 bits per heavy atom. The molecule has 194 valence electrons. The van der Waals surface area contributed by atoms with Gasteiger partial charge < -0.3 is 10.2 Å². The zero-order chi connectivity index (χ0) is 26.6. The van der Waals surface area contributed by atoms with Gasteiger partial charge in [0.15, 0.2) is 0 Å². The molecule has 0 bridgehead atoms. The predicted molar refractivity (Wildman–Crippen MR) is 145 cm³/mol. The molecule has 1 aliphatic heterocycles. The van der Waals surface area contributed by atoms with Crippen molar-refractivity contribution in [2.24, 2.45) is 0 Å². The summed E-state index contributed by atoms with van der Waals surface area (Å²) in [7, 11) is -3.97. The van der Waals surface area contributed by atoms with Crippen LogP contribution in [0, 0.1) is 20.8 Å². The van der Waals surface area contributed by atoms with Crippen molar-refractivity contribution in [3.63, 3.8) is 0 Å². The van der Waals surface area contributed by atoms with Crippen LogP contribution in [0.4, 0.5) is 5.69 Å². The molecule has 2 amide bonds. The van der Waals surface area contributed by atoms with Crippen LogP contribution in [0.1, 0.15) is 40.7 Å². The molecule has 0 unspecified atom stereocenters. The molecule has 3 aromatic rings. The molecule has 4 rings (SSSR count). The molecule has 1 N–H and O–H groups in total. The minimum Gasteiger partial charge on any atom is -0.350 e. The number of carbonyl (C=O) groups excluding carboxylic acids is 2. The van der Waals surface area contributed by atoms with Gasteiger partial charge in [0.25, 0.3) is 10.0 Å². The van der Waals surface area contributed by atoms with E-state index in [9.17, 15) is 18.0 Å².